The average molecular weight is 297 g/mol. The summed E-state index contributed by atoms with van der Waals surface area (Å²) in [6.45, 7) is 2.41. The Morgan fingerprint density at radius 3 is 3.00 bits per heavy atom. The van der Waals surface area contributed by atoms with Gasteiger partial charge in [-0.2, -0.15) is 0 Å². The van der Waals surface area contributed by atoms with E-state index in [1.54, 1.807) is 0 Å². The van der Waals surface area contributed by atoms with Gasteiger partial charge in [-0.1, -0.05) is 18.2 Å². The first kappa shape index (κ1) is 15.1. The number of ether oxygens (including phenoxy) is 1. The van der Waals surface area contributed by atoms with Crippen LogP contribution in [0.25, 0.3) is 0 Å². The number of para-hydroxylation sites is 1. The van der Waals surface area contributed by atoms with E-state index >= 15 is 0 Å². The molecule has 0 saturated carbocycles. The molecule has 4 nitrogen and oxygen atoms in total. The minimum absolute atomic E-state index is 0. The summed E-state index contributed by atoms with van der Waals surface area (Å²) in [5.74, 6) is 1.23. The van der Waals surface area contributed by atoms with Crippen LogP contribution in [0.4, 0.5) is 0 Å². The highest BCUT2D eigenvalue weighted by Gasteiger charge is 2.26. The van der Waals surface area contributed by atoms with Crippen molar-refractivity contribution in [2.24, 2.45) is 5.92 Å². The van der Waals surface area contributed by atoms with Crippen LogP contribution in [-0.4, -0.2) is 31.6 Å². The number of carbonyl (C=O) groups excluding carboxylic acids is 1. The topological polar surface area (TPSA) is 50.4 Å². The minimum atomic E-state index is 0. The molecule has 2 atom stereocenters. The fraction of sp³-hybridized carbons (Fsp3) is 0.533. The summed E-state index contributed by atoms with van der Waals surface area (Å²) in [5, 5.41) is 6.40. The van der Waals surface area contributed by atoms with Crippen molar-refractivity contribution in [3.05, 3.63) is 29.8 Å². The summed E-state index contributed by atoms with van der Waals surface area (Å²) in [6, 6.07) is 8.14. The Morgan fingerprint density at radius 2 is 2.20 bits per heavy atom. The molecule has 1 aromatic rings. The summed E-state index contributed by atoms with van der Waals surface area (Å²) < 4.78 is 5.69. The van der Waals surface area contributed by atoms with Crippen molar-refractivity contribution < 1.29 is 9.53 Å². The number of rotatable bonds is 2. The molecule has 2 aliphatic heterocycles. The summed E-state index contributed by atoms with van der Waals surface area (Å²) in [7, 11) is 0. The Kier molecular flexibility index (Phi) is 5.26. The molecule has 1 saturated heterocycles. The maximum absolute atomic E-state index is 12.2. The lowest BCUT2D eigenvalue weighted by molar-refractivity contribution is -0.126. The standard InChI is InChI=1S/C15H20N2O2.ClH/c18-15(12-5-3-7-16-9-12)17-13-8-11-4-1-2-6-14(11)19-10-13;/h1-2,4,6,12-13,16H,3,5,7-10H2,(H,17,18);1H. The molecule has 1 aromatic carbocycles. The zero-order valence-corrected chi connectivity index (χ0v) is 12.2. The SMILES string of the molecule is Cl.O=C(NC1COc2ccccc2C1)C1CCCNC1. The van der Waals surface area contributed by atoms with Crippen molar-refractivity contribution >= 4 is 18.3 Å². The highest BCUT2D eigenvalue weighted by atomic mass is 35.5. The van der Waals surface area contributed by atoms with E-state index < -0.39 is 0 Å². The van der Waals surface area contributed by atoms with Gasteiger partial charge < -0.3 is 15.4 Å². The lowest BCUT2D eigenvalue weighted by Gasteiger charge is -2.29. The molecule has 5 heteroatoms. The maximum atomic E-state index is 12.2. The second-order valence-electron chi connectivity index (χ2n) is 5.37. The fourth-order valence-electron chi connectivity index (χ4n) is 2.82. The predicted octanol–water partition coefficient (Wildman–Crippen LogP) is 1.53. The molecule has 0 bridgehead atoms. The van der Waals surface area contributed by atoms with E-state index in [0.717, 1.165) is 38.1 Å². The number of hydrogen-bond donors (Lipinski definition) is 2. The van der Waals surface area contributed by atoms with Gasteiger partial charge in [-0.3, -0.25) is 4.79 Å². The van der Waals surface area contributed by atoms with Crippen LogP contribution in [0.15, 0.2) is 24.3 Å². The third-order valence-corrected chi connectivity index (χ3v) is 3.89. The normalized spacial score (nSPS) is 24.8. The van der Waals surface area contributed by atoms with Gasteiger partial charge in [0.2, 0.25) is 5.91 Å². The van der Waals surface area contributed by atoms with Gasteiger partial charge in [0.1, 0.15) is 12.4 Å². The average Bonchev–Trinajstić information content (AvgIpc) is 2.48. The summed E-state index contributed by atoms with van der Waals surface area (Å²) in [4.78, 5) is 12.2. The predicted molar refractivity (Wildman–Crippen MR) is 80.4 cm³/mol. The van der Waals surface area contributed by atoms with Gasteiger partial charge in [-0.25, -0.2) is 0 Å². The number of halogens is 1. The van der Waals surface area contributed by atoms with Crippen LogP contribution in [0.1, 0.15) is 18.4 Å². The molecule has 3 rings (SSSR count). The van der Waals surface area contributed by atoms with Crippen LogP contribution in [0, 0.1) is 5.92 Å². The Morgan fingerprint density at radius 1 is 1.35 bits per heavy atom. The molecule has 1 amide bonds. The van der Waals surface area contributed by atoms with Gasteiger partial charge in [0, 0.05) is 6.54 Å². The number of carbonyl (C=O) groups is 1. The molecule has 2 heterocycles. The maximum Gasteiger partial charge on any atom is 0.224 e. The third-order valence-electron chi connectivity index (χ3n) is 3.89. The largest absolute Gasteiger partial charge is 0.491 e. The number of piperidine rings is 1. The van der Waals surface area contributed by atoms with E-state index in [1.165, 1.54) is 5.56 Å². The van der Waals surface area contributed by atoms with Gasteiger partial charge in [-0.15, -0.1) is 12.4 Å². The first-order valence-electron chi connectivity index (χ1n) is 7.05. The van der Waals surface area contributed by atoms with Crippen LogP contribution in [0.3, 0.4) is 0 Å². The zero-order valence-electron chi connectivity index (χ0n) is 11.4. The highest BCUT2D eigenvalue weighted by Crippen LogP contribution is 2.24. The molecule has 110 valence electrons. The van der Waals surface area contributed by atoms with Crippen molar-refractivity contribution in [3.63, 3.8) is 0 Å². The number of benzene rings is 1. The first-order valence-corrected chi connectivity index (χ1v) is 7.05. The van der Waals surface area contributed by atoms with E-state index in [2.05, 4.69) is 16.7 Å². The van der Waals surface area contributed by atoms with Crippen molar-refractivity contribution in [3.8, 4) is 5.75 Å². The second-order valence-corrected chi connectivity index (χ2v) is 5.37. The number of fused-ring (bicyclic) bond motifs is 1. The lowest BCUT2D eigenvalue weighted by atomic mass is 9.97. The van der Waals surface area contributed by atoms with E-state index in [0.29, 0.717) is 6.61 Å². The number of hydrogen-bond acceptors (Lipinski definition) is 3. The Bertz CT molecular complexity index is 461. The third kappa shape index (κ3) is 3.44. The molecule has 0 spiro atoms. The molecule has 2 N–H and O–H groups in total. The van der Waals surface area contributed by atoms with Crippen LogP contribution in [0.5, 0.6) is 5.75 Å². The molecule has 20 heavy (non-hydrogen) atoms. The summed E-state index contributed by atoms with van der Waals surface area (Å²) in [5.41, 5.74) is 1.18. The smallest absolute Gasteiger partial charge is 0.224 e. The minimum Gasteiger partial charge on any atom is -0.491 e. The monoisotopic (exact) mass is 296 g/mol. The van der Waals surface area contributed by atoms with Crippen LogP contribution in [0.2, 0.25) is 0 Å². The highest BCUT2D eigenvalue weighted by molar-refractivity contribution is 5.85. The van der Waals surface area contributed by atoms with Crippen molar-refractivity contribution in [2.75, 3.05) is 19.7 Å². The molecular formula is C15H21ClN2O2. The van der Waals surface area contributed by atoms with E-state index in [-0.39, 0.29) is 30.3 Å². The molecular weight excluding hydrogens is 276 g/mol. The Labute approximate surface area is 125 Å². The quantitative estimate of drug-likeness (QED) is 0.870. The lowest BCUT2D eigenvalue weighted by Crippen LogP contribution is -2.48. The zero-order chi connectivity index (χ0) is 13.1. The molecule has 2 unspecified atom stereocenters. The summed E-state index contributed by atoms with van der Waals surface area (Å²) in [6.07, 6.45) is 2.94. The van der Waals surface area contributed by atoms with Crippen molar-refractivity contribution in [1.82, 2.24) is 10.6 Å². The molecule has 0 aliphatic carbocycles. The van der Waals surface area contributed by atoms with Gasteiger partial charge in [-0.05, 0) is 37.4 Å². The van der Waals surface area contributed by atoms with E-state index in [9.17, 15) is 4.79 Å². The van der Waals surface area contributed by atoms with Crippen LogP contribution < -0.4 is 15.4 Å². The Balaban J connectivity index is 0.00000147. The number of nitrogens with one attached hydrogen (secondary N) is 2. The number of amides is 1. The van der Waals surface area contributed by atoms with Gasteiger partial charge in [0.25, 0.3) is 0 Å². The van der Waals surface area contributed by atoms with Gasteiger partial charge >= 0.3 is 0 Å². The molecule has 0 aromatic heterocycles. The molecule has 2 aliphatic rings. The Hall–Kier alpha value is -1.26. The first-order chi connectivity index (χ1) is 9.33. The molecule has 0 radical (unpaired) electrons. The molecule has 1 fully saturated rings. The fourth-order valence-corrected chi connectivity index (χ4v) is 2.82. The van der Waals surface area contributed by atoms with E-state index in [1.807, 2.05) is 18.2 Å². The summed E-state index contributed by atoms with van der Waals surface area (Å²) >= 11 is 0. The van der Waals surface area contributed by atoms with Crippen molar-refractivity contribution in [1.29, 1.82) is 0 Å². The van der Waals surface area contributed by atoms with Crippen LogP contribution in [-0.2, 0) is 11.2 Å². The van der Waals surface area contributed by atoms with Gasteiger partial charge in [0.15, 0.2) is 0 Å². The van der Waals surface area contributed by atoms with Crippen molar-refractivity contribution in [2.45, 2.75) is 25.3 Å². The van der Waals surface area contributed by atoms with Crippen LogP contribution >= 0.6 is 12.4 Å². The second kappa shape index (κ2) is 6.95. The van der Waals surface area contributed by atoms with E-state index in [4.69, 9.17) is 4.74 Å². The van der Waals surface area contributed by atoms with Gasteiger partial charge in [0.05, 0.1) is 12.0 Å².